The van der Waals surface area contributed by atoms with E-state index in [1.165, 1.54) is 18.2 Å². The van der Waals surface area contributed by atoms with Gasteiger partial charge in [0.25, 0.3) is 5.91 Å². The van der Waals surface area contributed by atoms with E-state index in [0.29, 0.717) is 15.7 Å². The number of carbonyl (C=O) groups is 1. The van der Waals surface area contributed by atoms with Gasteiger partial charge in [0, 0.05) is 21.8 Å². The first-order chi connectivity index (χ1) is 11.0. The van der Waals surface area contributed by atoms with Gasteiger partial charge < -0.3 is 14.8 Å². The van der Waals surface area contributed by atoms with E-state index in [4.69, 9.17) is 27.6 Å². The van der Waals surface area contributed by atoms with E-state index in [0.717, 1.165) is 0 Å². The summed E-state index contributed by atoms with van der Waals surface area (Å²) >= 11 is 11.6. The van der Waals surface area contributed by atoms with E-state index in [2.05, 4.69) is 5.32 Å². The molecular weight excluding hydrogens is 341 g/mol. The van der Waals surface area contributed by atoms with Gasteiger partial charge in [-0.05, 0) is 36.4 Å². The van der Waals surface area contributed by atoms with E-state index in [1.54, 1.807) is 24.3 Å². The van der Waals surface area contributed by atoms with E-state index >= 15 is 0 Å². The highest BCUT2D eigenvalue weighted by Gasteiger charge is 2.21. The fourth-order valence-electron chi connectivity index (χ4n) is 2.09. The second kappa shape index (κ2) is 5.95. The molecule has 23 heavy (non-hydrogen) atoms. The molecule has 116 valence electrons. The van der Waals surface area contributed by atoms with Crippen molar-refractivity contribution in [3.63, 3.8) is 0 Å². The molecule has 1 aromatic heterocycles. The summed E-state index contributed by atoms with van der Waals surface area (Å²) in [5, 5.41) is 13.8. The molecular formula is C16H9Cl2NO4. The van der Waals surface area contributed by atoms with E-state index in [-0.39, 0.29) is 11.0 Å². The number of amides is 1. The molecule has 0 atom stereocenters. The molecule has 0 unspecified atom stereocenters. The average molecular weight is 350 g/mol. The van der Waals surface area contributed by atoms with Gasteiger partial charge in [0.05, 0.1) is 5.39 Å². The molecule has 7 heteroatoms. The zero-order valence-corrected chi connectivity index (χ0v) is 13.0. The molecule has 3 aromatic rings. The Bertz CT molecular complexity index is 964. The third kappa shape index (κ3) is 3.02. The smallest absolute Gasteiger partial charge is 0.353 e. The van der Waals surface area contributed by atoms with Crippen LogP contribution in [-0.4, -0.2) is 11.0 Å². The summed E-state index contributed by atoms with van der Waals surface area (Å²) < 4.78 is 5.05. The molecule has 0 aliphatic rings. The maximum absolute atomic E-state index is 12.3. The minimum Gasteiger partial charge on any atom is -0.506 e. The van der Waals surface area contributed by atoms with Gasteiger partial charge in [0.1, 0.15) is 11.3 Å². The summed E-state index contributed by atoms with van der Waals surface area (Å²) in [4.78, 5) is 24.3. The van der Waals surface area contributed by atoms with Crippen LogP contribution in [0.15, 0.2) is 51.7 Å². The third-order valence-corrected chi connectivity index (χ3v) is 3.66. The van der Waals surface area contributed by atoms with Gasteiger partial charge in [-0.25, -0.2) is 4.79 Å². The Kier molecular flexibility index (Phi) is 3.98. The molecule has 0 radical (unpaired) electrons. The van der Waals surface area contributed by atoms with Crippen molar-refractivity contribution in [2.24, 2.45) is 0 Å². The summed E-state index contributed by atoms with van der Waals surface area (Å²) in [6.45, 7) is 0. The fraction of sp³-hybridized carbons (Fsp3) is 0. The Morgan fingerprint density at radius 1 is 1.04 bits per heavy atom. The van der Waals surface area contributed by atoms with E-state index in [1.807, 2.05) is 0 Å². The van der Waals surface area contributed by atoms with Crippen LogP contribution >= 0.6 is 23.2 Å². The van der Waals surface area contributed by atoms with Crippen molar-refractivity contribution in [2.45, 2.75) is 0 Å². The Balaban J connectivity index is 2.05. The minimum absolute atomic E-state index is 0.100. The second-order valence-corrected chi connectivity index (χ2v) is 5.59. The summed E-state index contributed by atoms with van der Waals surface area (Å²) in [5.74, 6) is -1.24. The summed E-state index contributed by atoms with van der Waals surface area (Å²) in [6.07, 6.45) is 0. The highest BCUT2D eigenvalue weighted by Crippen LogP contribution is 2.28. The molecule has 0 aliphatic heterocycles. The van der Waals surface area contributed by atoms with Crippen LogP contribution in [0.25, 0.3) is 11.0 Å². The molecule has 0 saturated heterocycles. The Morgan fingerprint density at radius 3 is 2.39 bits per heavy atom. The molecule has 0 spiro atoms. The molecule has 2 aromatic carbocycles. The number of nitrogens with one attached hydrogen (secondary N) is 1. The van der Waals surface area contributed by atoms with Crippen molar-refractivity contribution < 1.29 is 14.3 Å². The third-order valence-electron chi connectivity index (χ3n) is 3.17. The maximum Gasteiger partial charge on any atom is 0.353 e. The lowest BCUT2D eigenvalue weighted by molar-refractivity contribution is 0.102. The number of fused-ring (bicyclic) bond motifs is 1. The Morgan fingerprint density at radius 2 is 1.70 bits per heavy atom. The van der Waals surface area contributed by atoms with Gasteiger partial charge in [0.2, 0.25) is 0 Å². The fourth-order valence-corrected chi connectivity index (χ4v) is 2.37. The quantitative estimate of drug-likeness (QED) is 0.683. The molecule has 0 bridgehead atoms. The van der Waals surface area contributed by atoms with Gasteiger partial charge >= 0.3 is 5.63 Å². The van der Waals surface area contributed by atoms with Gasteiger partial charge in [-0.1, -0.05) is 23.2 Å². The summed E-state index contributed by atoms with van der Waals surface area (Å²) in [5.41, 5.74) is -0.907. The number of carbonyl (C=O) groups excluding carboxylic acids is 1. The maximum atomic E-state index is 12.3. The topological polar surface area (TPSA) is 79.5 Å². The van der Waals surface area contributed by atoms with E-state index in [9.17, 15) is 14.7 Å². The highest BCUT2D eigenvalue weighted by molar-refractivity contribution is 6.31. The van der Waals surface area contributed by atoms with E-state index < -0.39 is 22.8 Å². The predicted molar refractivity (Wildman–Crippen MR) is 88.6 cm³/mol. The number of hydrogen-bond acceptors (Lipinski definition) is 4. The molecule has 3 rings (SSSR count). The van der Waals surface area contributed by atoms with Crippen molar-refractivity contribution in [2.75, 3.05) is 5.32 Å². The van der Waals surface area contributed by atoms with Gasteiger partial charge in [0.15, 0.2) is 5.56 Å². The molecule has 2 N–H and O–H groups in total. The number of rotatable bonds is 2. The molecule has 0 saturated carbocycles. The summed E-state index contributed by atoms with van der Waals surface area (Å²) in [6, 6.07) is 10.7. The zero-order chi connectivity index (χ0) is 16.6. The van der Waals surface area contributed by atoms with Gasteiger partial charge in [-0.15, -0.1) is 0 Å². The molecule has 0 fully saturated rings. The lowest BCUT2D eigenvalue weighted by atomic mass is 10.1. The largest absolute Gasteiger partial charge is 0.506 e. The van der Waals surface area contributed by atoms with Crippen LogP contribution in [0.3, 0.4) is 0 Å². The summed E-state index contributed by atoms with van der Waals surface area (Å²) in [7, 11) is 0. The lowest BCUT2D eigenvalue weighted by Gasteiger charge is -2.08. The number of aromatic hydroxyl groups is 1. The van der Waals surface area contributed by atoms with Crippen LogP contribution in [0.5, 0.6) is 5.75 Å². The van der Waals surface area contributed by atoms with Crippen LogP contribution in [0.1, 0.15) is 10.4 Å². The lowest BCUT2D eigenvalue weighted by Crippen LogP contribution is -2.21. The van der Waals surface area contributed by atoms with Crippen molar-refractivity contribution in [3.05, 3.63) is 68.5 Å². The van der Waals surface area contributed by atoms with Crippen LogP contribution < -0.4 is 10.9 Å². The van der Waals surface area contributed by atoms with Crippen LogP contribution in [0.2, 0.25) is 10.0 Å². The zero-order valence-electron chi connectivity index (χ0n) is 11.5. The molecule has 5 nitrogen and oxygen atoms in total. The van der Waals surface area contributed by atoms with Crippen LogP contribution in [0, 0.1) is 0 Å². The molecule has 1 amide bonds. The number of anilines is 1. The van der Waals surface area contributed by atoms with Crippen LogP contribution in [0.4, 0.5) is 5.69 Å². The van der Waals surface area contributed by atoms with Crippen molar-refractivity contribution in [1.82, 2.24) is 0 Å². The van der Waals surface area contributed by atoms with Crippen molar-refractivity contribution in [3.8, 4) is 5.75 Å². The van der Waals surface area contributed by atoms with Crippen molar-refractivity contribution in [1.29, 1.82) is 0 Å². The number of hydrogen-bond donors (Lipinski definition) is 2. The van der Waals surface area contributed by atoms with Gasteiger partial charge in [-0.2, -0.15) is 0 Å². The monoisotopic (exact) mass is 349 g/mol. The molecule has 0 aliphatic carbocycles. The first-order valence-corrected chi connectivity index (χ1v) is 7.23. The van der Waals surface area contributed by atoms with Crippen LogP contribution in [-0.2, 0) is 0 Å². The number of benzene rings is 2. The first-order valence-electron chi connectivity index (χ1n) is 6.48. The Labute approximate surface area is 140 Å². The van der Waals surface area contributed by atoms with Gasteiger partial charge in [-0.3, -0.25) is 4.79 Å². The SMILES string of the molecule is O=C(Nc1ccc(Cl)cc1)c1c(O)c2ccc(Cl)cc2oc1=O. The number of halogens is 2. The second-order valence-electron chi connectivity index (χ2n) is 4.71. The average Bonchev–Trinajstić information content (AvgIpc) is 2.49. The predicted octanol–water partition coefficient (Wildman–Crippen LogP) is 4.06. The first kappa shape index (κ1) is 15.4. The standard InChI is InChI=1S/C16H9Cl2NO4/c17-8-1-4-10(5-2-8)19-15(21)13-14(20)11-6-3-9(18)7-12(11)23-16(13)22/h1-7,20H,(H,19,21). The normalized spacial score (nSPS) is 10.7. The minimum atomic E-state index is -0.955. The Hall–Kier alpha value is -2.50. The molecule has 1 heterocycles. The highest BCUT2D eigenvalue weighted by atomic mass is 35.5. The van der Waals surface area contributed by atoms with Crippen molar-refractivity contribution >= 4 is 45.8 Å².